The highest BCUT2D eigenvalue weighted by atomic mass is 79.9. The molecule has 0 aliphatic heterocycles. The predicted molar refractivity (Wildman–Crippen MR) is 75.3 cm³/mol. The van der Waals surface area contributed by atoms with Crippen LogP contribution in [-0.4, -0.2) is 14.4 Å². The lowest BCUT2D eigenvalue weighted by atomic mass is 10.2. The average molecular weight is 303 g/mol. The van der Waals surface area contributed by atoms with Crippen LogP contribution in [0.1, 0.15) is 5.69 Å². The summed E-state index contributed by atoms with van der Waals surface area (Å²) in [6, 6.07) is 7.80. The van der Waals surface area contributed by atoms with Crippen molar-refractivity contribution in [2.24, 2.45) is 0 Å². The summed E-state index contributed by atoms with van der Waals surface area (Å²) in [5.41, 5.74) is 9.62. The Morgan fingerprint density at radius 3 is 2.78 bits per heavy atom. The second-order valence-electron chi connectivity index (χ2n) is 4.11. The second-order valence-corrected chi connectivity index (χ2v) is 5.03. The van der Waals surface area contributed by atoms with E-state index in [-0.39, 0.29) is 0 Å². The Balaban J connectivity index is 2.23. The van der Waals surface area contributed by atoms with Gasteiger partial charge in [0.15, 0.2) is 0 Å². The number of anilines is 1. The fraction of sp³-hybridized carbons (Fsp3) is 0.0769. The summed E-state index contributed by atoms with van der Waals surface area (Å²) in [5, 5.41) is 0. The van der Waals surface area contributed by atoms with Crippen molar-refractivity contribution < 1.29 is 0 Å². The Bertz CT molecular complexity index is 716. The minimum absolute atomic E-state index is 0.622. The largest absolute Gasteiger partial charge is 0.383 e. The number of halogens is 1. The zero-order valence-corrected chi connectivity index (χ0v) is 11.3. The molecular weight excluding hydrogens is 292 g/mol. The standard InChI is InChI=1S/C13H11BrN4/c1-8-2-3-9(6-16-8)12-13(15)18-7-10(14)4-5-11(18)17-12/h2-7H,15H2,1H3. The van der Waals surface area contributed by atoms with Crippen molar-refractivity contribution in [2.45, 2.75) is 6.92 Å². The molecule has 2 N–H and O–H groups in total. The van der Waals surface area contributed by atoms with E-state index in [1.807, 2.05) is 41.8 Å². The molecule has 0 saturated heterocycles. The van der Waals surface area contributed by atoms with Crippen LogP contribution in [0.15, 0.2) is 41.1 Å². The van der Waals surface area contributed by atoms with Gasteiger partial charge in [0.2, 0.25) is 0 Å². The van der Waals surface area contributed by atoms with Crippen molar-refractivity contribution in [2.75, 3.05) is 5.73 Å². The Kier molecular flexibility index (Phi) is 2.56. The third-order valence-corrected chi connectivity index (χ3v) is 3.27. The van der Waals surface area contributed by atoms with Gasteiger partial charge in [0.1, 0.15) is 17.2 Å². The molecule has 0 bridgehead atoms. The van der Waals surface area contributed by atoms with Gasteiger partial charge < -0.3 is 5.73 Å². The lowest BCUT2D eigenvalue weighted by Crippen LogP contribution is -1.94. The van der Waals surface area contributed by atoms with E-state index in [9.17, 15) is 0 Å². The lowest BCUT2D eigenvalue weighted by Gasteiger charge is -1.99. The molecule has 18 heavy (non-hydrogen) atoms. The average Bonchev–Trinajstić information content (AvgIpc) is 2.68. The molecule has 0 spiro atoms. The summed E-state index contributed by atoms with van der Waals surface area (Å²) in [4.78, 5) is 8.80. The van der Waals surface area contributed by atoms with Gasteiger partial charge in [-0.05, 0) is 47.1 Å². The summed E-state index contributed by atoms with van der Waals surface area (Å²) < 4.78 is 2.83. The summed E-state index contributed by atoms with van der Waals surface area (Å²) in [6.07, 6.45) is 3.70. The van der Waals surface area contributed by atoms with E-state index in [0.717, 1.165) is 27.1 Å². The highest BCUT2D eigenvalue weighted by molar-refractivity contribution is 9.10. The number of aromatic nitrogens is 3. The number of nitrogens with zero attached hydrogens (tertiary/aromatic N) is 3. The van der Waals surface area contributed by atoms with E-state index in [2.05, 4.69) is 25.9 Å². The number of hydrogen-bond acceptors (Lipinski definition) is 3. The molecule has 0 radical (unpaired) electrons. The topological polar surface area (TPSA) is 56.2 Å². The number of hydrogen-bond donors (Lipinski definition) is 1. The molecule has 0 fully saturated rings. The SMILES string of the molecule is Cc1ccc(-c2nc3ccc(Br)cn3c2N)cn1. The molecule has 0 saturated carbocycles. The molecule has 0 aliphatic carbocycles. The van der Waals surface area contributed by atoms with E-state index in [0.29, 0.717) is 5.82 Å². The first-order valence-corrected chi connectivity index (χ1v) is 6.30. The minimum Gasteiger partial charge on any atom is -0.383 e. The summed E-state index contributed by atoms with van der Waals surface area (Å²) >= 11 is 3.43. The number of aryl methyl sites for hydroxylation is 1. The molecule has 0 aliphatic rings. The van der Waals surface area contributed by atoms with Crippen LogP contribution in [0.4, 0.5) is 5.82 Å². The van der Waals surface area contributed by atoms with Crippen LogP contribution in [0.5, 0.6) is 0 Å². The van der Waals surface area contributed by atoms with E-state index in [1.165, 1.54) is 0 Å². The maximum absolute atomic E-state index is 6.13. The molecule has 0 aromatic carbocycles. The number of fused-ring (bicyclic) bond motifs is 1. The van der Waals surface area contributed by atoms with Crippen LogP contribution in [-0.2, 0) is 0 Å². The van der Waals surface area contributed by atoms with Crippen molar-refractivity contribution in [3.05, 3.63) is 46.8 Å². The van der Waals surface area contributed by atoms with Crippen LogP contribution < -0.4 is 5.73 Å². The summed E-state index contributed by atoms with van der Waals surface area (Å²) in [6.45, 7) is 1.95. The molecule has 0 amide bonds. The smallest absolute Gasteiger partial charge is 0.139 e. The van der Waals surface area contributed by atoms with E-state index in [4.69, 9.17) is 5.73 Å². The summed E-state index contributed by atoms with van der Waals surface area (Å²) in [5.74, 6) is 0.622. The van der Waals surface area contributed by atoms with Crippen LogP contribution in [0.2, 0.25) is 0 Å². The maximum atomic E-state index is 6.13. The van der Waals surface area contributed by atoms with Crippen LogP contribution >= 0.6 is 15.9 Å². The third kappa shape index (κ3) is 1.76. The van der Waals surface area contributed by atoms with Gasteiger partial charge in [-0.25, -0.2) is 4.98 Å². The van der Waals surface area contributed by atoms with Gasteiger partial charge in [0.25, 0.3) is 0 Å². The van der Waals surface area contributed by atoms with Crippen LogP contribution in [0.25, 0.3) is 16.9 Å². The molecule has 3 heterocycles. The molecule has 5 heteroatoms. The second kappa shape index (κ2) is 4.10. The molecule has 0 atom stereocenters. The molecule has 3 aromatic rings. The molecule has 4 nitrogen and oxygen atoms in total. The predicted octanol–water partition coefficient (Wildman–Crippen LogP) is 3.05. The monoisotopic (exact) mass is 302 g/mol. The van der Waals surface area contributed by atoms with E-state index in [1.54, 1.807) is 6.20 Å². The summed E-state index contributed by atoms with van der Waals surface area (Å²) in [7, 11) is 0. The number of nitrogen functional groups attached to an aromatic ring is 1. The maximum Gasteiger partial charge on any atom is 0.139 e. The van der Waals surface area contributed by atoms with Gasteiger partial charge in [-0.3, -0.25) is 9.38 Å². The van der Waals surface area contributed by atoms with Gasteiger partial charge in [0, 0.05) is 28.1 Å². The molecular formula is C13H11BrN4. The zero-order valence-electron chi connectivity index (χ0n) is 9.76. The number of nitrogens with two attached hydrogens (primary N) is 1. The van der Waals surface area contributed by atoms with Gasteiger partial charge >= 0.3 is 0 Å². The first kappa shape index (κ1) is 11.2. The van der Waals surface area contributed by atoms with Gasteiger partial charge in [0.05, 0.1) is 0 Å². The number of pyridine rings is 2. The fourth-order valence-corrected chi connectivity index (χ4v) is 2.19. The van der Waals surface area contributed by atoms with Crippen molar-refractivity contribution in [3.63, 3.8) is 0 Å². The Hall–Kier alpha value is -1.88. The first-order chi connectivity index (χ1) is 8.65. The van der Waals surface area contributed by atoms with Gasteiger partial charge in [-0.1, -0.05) is 0 Å². The Labute approximate surface area is 113 Å². The van der Waals surface area contributed by atoms with Gasteiger partial charge in [-0.15, -0.1) is 0 Å². The van der Waals surface area contributed by atoms with Crippen LogP contribution in [0.3, 0.4) is 0 Å². The third-order valence-electron chi connectivity index (χ3n) is 2.80. The number of imidazole rings is 1. The quantitative estimate of drug-likeness (QED) is 0.751. The lowest BCUT2D eigenvalue weighted by molar-refractivity contribution is 1.18. The highest BCUT2D eigenvalue weighted by Crippen LogP contribution is 2.26. The minimum atomic E-state index is 0.622. The van der Waals surface area contributed by atoms with E-state index < -0.39 is 0 Å². The first-order valence-electron chi connectivity index (χ1n) is 5.51. The van der Waals surface area contributed by atoms with Crippen molar-refractivity contribution >= 4 is 27.4 Å². The van der Waals surface area contributed by atoms with Crippen LogP contribution in [0, 0.1) is 6.92 Å². The van der Waals surface area contributed by atoms with E-state index >= 15 is 0 Å². The normalized spacial score (nSPS) is 11.0. The Morgan fingerprint density at radius 2 is 2.06 bits per heavy atom. The van der Waals surface area contributed by atoms with Crippen molar-refractivity contribution in [3.8, 4) is 11.3 Å². The number of rotatable bonds is 1. The zero-order chi connectivity index (χ0) is 12.7. The Morgan fingerprint density at radius 1 is 1.22 bits per heavy atom. The molecule has 3 aromatic heterocycles. The van der Waals surface area contributed by atoms with Crippen molar-refractivity contribution in [1.29, 1.82) is 0 Å². The molecule has 0 unspecified atom stereocenters. The molecule has 90 valence electrons. The van der Waals surface area contributed by atoms with Crippen molar-refractivity contribution in [1.82, 2.24) is 14.4 Å². The molecule has 3 rings (SSSR count). The fourth-order valence-electron chi connectivity index (χ4n) is 1.86. The van der Waals surface area contributed by atoms with Gasteiger partial charge in [-0.2, -0.15) is 0 Å². The highest BCUT2D eigenvalue weighted by Gasteiger charge is 2.11.